The Labute approximate surface area is 104 Å². The van der Waals surface area contributed by atoms with Crippen LogP contribution in [-0.2, 0) is 0 Å². The second-order valence-electron chi connectivity index (χ2n) is 4.37. The molecular formula is C15H11NO2. The van der Waals surface area contributed by atoms with Gasteiger partial charge in [-0.25, -0.2) is 0 Å². The molecule has 3 heteroatoms. The first kappa shape index (κ1) is 10.7. The second kappa shape index (κ2) is 3.81. The molecule has 0 N–H and O–H groups in total. The Morgan fingerprint density at radius 3 is 2.22 bits per heavy atom. The minimum absolute atomic E-state index is 0.174. The number of hydrogen-bond acceptors (Lipinski definition) is 2. The molecule has 0 aromatic heterocycles. The van der Waals surface area contributed by atoms with Gasteiger partial charge >= 0.3 is 0 Å². The molecule has 3 aromatic rings. The molecule has 18 heavy (non-hydrogen) atoms. The fourth-order valence-electron chi connectivity index (χ4n) is 2.41. The molecule has 0 saturated carbocycles. The van der Waals surface area contributed by atoms with E-state index < -0.39 is 0 Å². The van der Waals surface area contributed by atoms with Crippen molar-refractivity contribution in [3.63, 3.8) is 0 Å². The van der Waals surface area contributed by atoms with Gasteiger partial charge < -0.3 is 0 Å². The monoisotopic (exact) mass is 237 g/mol. The molecular weight excluding hydrogens is 226 g/mol. The number of fused-ring (bicyclic) bond motifs is 3. The standard InChI is InChI=1S/C15H11NO2/c1-10-5-4-8-12-11-6-2-3-7-13(11)15(16(17)18)9-14(10)12/h2-9H,1H3. The van der Waals surface area contributed by atoms with Crippen molar-refractivity contribution in [3.05, 3.63) is 64.2 Å². The first-order valence-corrected chi connectivity index (χ1v) is 5.74. The van der Waals surface area contributed by atoms with Crippen LogP contribution in [0.1, 0.15) is 5.56 Å². The van der Waals surface area contributed by atoms with E-state index >= 15 is 0 Å². The SMILES string of the molecule is Cc1cccc2c1cc([N+](=O)[O-])c1ccccc12. The van der Waals surface area contributed by atoms with Crippen LogP contribution < -0.4 is 0 Å². The number of rotatable bonds is 1. The van der Waals surface area contributed by atoms with Crippen molar-refractivity contribution in [1.82, 2.24) is 0 Å². The molecule has 0 aliphatic rings. The van der Waals surface area contributed by atoms with Crippen LogP contribution in [0.2, 0.25) is 0 Å². The molecule has 88 valence electrons. The van der Waals surface area contributed by atoms with E-state index in [1.165, 1.54) is 0 Å². The number of nitro benzene ring substituents is 1. The van der Waals surface area contributed by atoms with Crippen molar-refractivity contribution in [3.8, 4) is 0 Å². The fourth-order valence-corrected chi connectivity index (χ4v) is 2.41. The lowest BCUT2D eigenvalue weighted by Crippen LogP contribution is -1.91. The molecule has 3 rings (SSSR count). The highest BCUT2D eigenvalue weighted by atomic mass is 16.6. The van der Waals surface area contributed by atoms with Crippen LogP contribution in [0.25, 0.3) is 21.5 Å². The molecule has 3 aromatic carbocycles. The minimum atomic E-state index is -0.311. The van der Waals surface area contributed by atoms with Crippen LogP contribution in [0.5, 0.6) is 0 Å². The molecule has 0 saturated heterocycles. The Hall–Kier alpha value is -2.42. The van der Waals surface area contributed by atoms with Crippen molar-refractivity contribution in [2.45, 2.75) is 6.92 Å². The largest absolute Gasteiger partial charge is 0.277 e. The molecule has 0 radical (unpaired) electrons. The quantitative estimate of drug-likeness (QED) is 0.361. The number of nitrogens with zero attached hydrogens (tertiary/aromatic N) is 1. The second-order valence-corrected chi connectivity index (χ2v) is 4.37. The van der Waals surface area contributed by atoms with E-state index in [2.05, 4.69) is 0 Å². The Balaban J connectivity index is 2.61. The first-order valence-electron chi connectivity index (χ1n) is 5.74. The topological polar surface area (TPSA) is 43.1 Å². The summed E-state index contributed by atoms with van der Waals surface area (Å²) in [7, 11) is 0. The van der Waals surface area contributed by atoms with Crippen LogP contribution in [0.4, 0.5) is 5.69 Å². The van der Waals surface area contributed by atoms with Crippen LogP contribution in [0.15, 0.2) is 48.5 Å². The maximum atomic E-state index is 11.2. The Bertz CT molecular complexity index is 778. The third-order valence-electron chi connectivity index (χ3n) is 3.30. The highest BCUT2D eigenvalue weighted by Gasteiger charge is 2.15. The Morgan fingerprint density at radius 1 is 0.889 bits per heavy atom. The van der Waals surface area contributed by atoms with Gasteiger partial charge in [-0.05, 0) is 34.7 Å². The van der Waals surface area contributed by atoms with Gasteiger partial charge in [-0.2, -0.15) is 0 Å². The molecule has 0 fully saturated rings. The number of non-ortho nitro benzene ring substituents is 1. The summed E-state index contributed by atoms with van der Waals surface area (Å²) in [6.45, 7) is 1.97. The Kier molecular flexibility index (Phi) is 2.27. The summed E-state index contributed by atoms with van der Waals surface area (Å²) in [5.41, 5.74) is 1.23. The summed E-state index contributed by atoms with van der Waals surface area (Å²) < 4.78 is 0. The zero-order chi connectivity index (χ0) is 12.7. The number of nitro groups is 1. The lowest BCUT2D eigenvalue weighted by Gasteiger charge is -2.07. The zero-order valence-corrected chi connectivity index (χ0v) is 9.88. The fraction of sp³-hybridized carbons (Fsp3) is 0.0667. The van der Waals surface area contributed by atoms with Gasteiger partial charge in [0.1, 0.15) is 0 Å². The van der Waals surface area contributed by atoms with Crippen molar-refractivity contribution in [2.75, 3.05) is 0 Å². The summed E-state index contributed by atoms with van der Waals surface area (Å²) in [6, 6.07) is 15.1. The van der Waals surface area contributed by atoms with Gasteiger partial charge in [-0.3, -0.25) is 10.1 Å². The molecule has 0 atom stereocenters. The van der Waals surface area contributed by atoms with Gasteiger partial charge in [-0.15, -0.1) is 0 Å². The van der Waals surface area contributed by atoms with Crippen molar-refractivity contribution >= 4 is 27.2 Å². The third kappa shape index (κ3) is 1.44. The van der Waals surface area contributed by atoms with Gasteiger partial charge in [0.2, 0.25) is 0 Å². The van der Waals surface area contributed by atoms with E-state index in [4.69, 9.17) is 0 Å². The molecule has 0 aliphatic heterocycles. The van der Waals surface area contributed by atoms with E-state index in [0.717, 1.165) is 21.7 Å². The van der Waals surface area contributed by atoms with Crippen molar-refractivity contribution in [1.29, 1.82) is 0 Å². The number of benzene rings is 3. The molecule has 0 bridgehead atoms. The molecule has 0 spiro atoms. The smallest absolute Gasteiger partial charge is 0.258 e. The molecule has 0 aliphatic carbocycles. The van der Waals surface area contributed by atoms with Crippen LogP contribution >= 0.6 is 0 Å². The molecule has 0 amide bonds. The van der Waals surface area contributed by atoms with Crippen molar-refractivity contribution < 1.29 is 4.92 Å². The lowest BCUT2D eigenvalue weighted by atomic mass is 9.98. The third-order valence-corrected chi connectivity index (χ3v) is 3.30. The predicted molar refractivity (Wildman–Crippen MR) is 72.8 cm³/mol. The number of aryl methyl sites for hydroxylation is 1. The van der Waals surface area contributed by atoms with E-state index in [1.807, 2.05) is 43.3 Å². The summed E-state index contributed by atoms with van der Waals surface area (Å²) in [5.74, 6) is 0. The van der Waals surface area contributed by atoms with Crippen LogP contribution in [-0.4, -0.2) is 4.92 Å². The van der Waals surface area contributed by atoms with Crippen LogP contribution in [0, 0.1) is 17.0 Å². The summed E-state index contributed by atoms with van der Waals surface area (Å²) >= 11 is 0. The van der Waals surface area contributed by atoms with E-state index in [9.17, 15) is 10.1 Å². The van der Waals surface area contributed by atoms with Gasteiger partial charge in [0.15, 0.2) is 0 Å². The normalized spacial score (nSPS) is 10.9. The highest BCUT2D eigenvalue weighted by Crippen LogP contribution is 2.34. The average molecular weight is 237 g/mol. The maximum absolute atomic E-state index is 11.2. The summed E-state index contributed by atoms with van der Waals surface area (Å²) in [6.07, 6.45) is 0. The average Bonchev–Trinajstić information content (AvgIpc) is 2.38. The minimum Gasteiger partial charge on any atom is -0.258 e. The van der Waals surface area contributed by atoms with E-state index in [1.54, 1.807) is 12.1 Å². The molecule has 3 nitrogen and oxygen atoms in total. The number of hydrogen-bond donors (Lipinski definition) is 0. The Morgan fingerprint density at radius 2 is 1.50 bits per heavy atom. The van der Waals surface area contributed by atoms with Crippen LogP contribution in [0.3, 0.4) is 0 Å². The zero-order valence-electron chi connectivity index (χ0n) is 9.88. The van der Waals surface area contributed by atoms with E-state index in [-0.39, 0.29) is 10.6 Å². The van der Waals surface area contributed by atoms with Gasteiger partial charge in [-0.1, -0.05) is 36.4 Å². The van der Waals surface area contributed by atoms with E-state index in [0.29, 0.717) is 5.39 Å². The molecule has 0 unspecified atom stereocenters. The highest BCUT2D eigenvalue weighted by molar-refractivity contribution is 6.12. The molecule has 0 heterocycles. The predicted octanol–water partition coefficient (Wildman–Crippen LogP) is 4.21. The van der Waals surface area contributed by atoms with Crippen molar-refractivity contribution in [2.24, 2.45) is 0 Å². The van der Waals surface area contributed by atoms with Gasteiger partial charge in [0.25, 0.3) is 5.69 Å². The summed E-state index contributed by atoms with van der Waals surface area (Å²) in [4.78, 5) is 10.9. The maximum Gasteiger partial charge on any atom is 0.277 e. The van der Waals surface area contributed by atoms with Gasteiger partial charge in [0, 0.05) is 6.07 Å². The first-order chi connectivity index (χ1) is 8.68. The summed E-state index contributed by atoms with van der Waals surface area (Å²) in [5, 5.41) is 14.8. The van der Waals surface area contributed by atoms with Gasteiger partial charge in [0.05, 0.1) is 10.3 Å². The lowest BCUT2D eigenvalue weighted by molar-refractivity contribution is -0.382.